The Labute approximate surface area is 128 Å². The molecule has 2 saturated heterocycles. The fourth-order valence-electron chi connectivity index (χ4n) is 3.20. The molecule has 1 aromatic heterocycles. The van der Waals surface area contributed by atoms with Gasteiger partial charge in [0, 0.05) is 45.3 Å². The van der Waals surface area contributed by atoms with E-state index in [2.05, 4.69) is 37.8 Å². The maximum Gasteiger partial charge on any atom is 0.134 e. The van der Waals surface area contributed by atoms with E-state index >= 15 is 0 Å². The van der Waals surface area contributed by atoms with Crippen molar-refractivity contribution in [1.82, 2.24) is 14.9 Å². The molecular formula is C16H27N5. The van der Waals surface area contributed by atoms with Crippen molar-refractivity contribution < 1.29 is 0 Å². The molecule has 116 valence electrons. The summed E-state index contributed by atoms with van der Waals surface area (Å²) in [4.78, 5) is 16.6. The van der Waals surface area contributed by atoms with Crippen molar-refractivity contribution >= 4 is 11.6 Å². The van der Waals surface area contributed by atoms with Gasteiger partial charge in [-0.3, -0.25) is 0 Å². The lowest BCUT2D eigenvalue weighted by molar-refractivity contribution is 0.312. The quantitative estimate of drug-likeness (QED) is 0.831. The van der Waals surface area contributed by atoms with Crippen LogP contribution >= 0.6 is 0 Å². The molecule has 0 N–H and O–H groups in total. The van der Waals surface area contributed by atoms with Crippen molar-refractivity contribution in [2.75, 3.05) is 56.1 Å². The topological polar surface area (TPSA) is 35.5 Å². The second-order valence-corrected chi connectivity index (χ2v) is 6.32. The van der Waals surface area contributed by atoms with Gasteiger partial charge in [0.15, 0.2) is 0 Å². The molecule has 21 heavy (non-hydrogen) atoms. The van der Waals surface area contributed by atoms with E-state index in [4.69, 9.17) is 0 Å². The number of hydrogen-bond acceptors (Lipinski definition) is 5. The third-order valence-corrected chi connectivity index (χ3v) is 4.57. The van der Waals surface area contributed by atoms with Crippen molar-refractivity contribution in [2.24, 2.45) is 0 Å². The zero-order valence-corrected chi connectivity index (χ0v) is 13.4. The summed E-state index contributed by atoms with van der Waals surface area (Å²) in [7, 11) is 2.19. The summed E-state index contributed by atoms with van der Waals surface area (Å²) in [5.74, 6) is 3.12. The number of rotatable bonds is 2. The molecule has 3 heterocycles. The molecule has 0 bridgehead atoms. The van der Waals surface area contributed by atoms with E-state index in [-0.39, 0.29) is 0 Å². The van der Waals surface area contributed by atoms with Crippen LogP contribution in [-0.2, 0) is 0 Å². The van der Waals surface area contributed by atoms with E-state index in [1.165, 1.54) is 25.7 Å². The fourth-order valence-corrected chi connectivity index (χ4v) is 3.20. The SMILES string of the molecule is Cc1nc(N2CCCCCC2)cc(N2CCN(C)CC2)n1. The Kier molecular flexibility index (Phi) is 4.58. The molecular weight excluding hydrogens is 262 g/mol. The van der Waals surface area contributed by atoms with Gasteiger partial charge in [-0.05, 0) is 26.8 Å². The van der Waals surface area contributed by atoms with Crippen LogP contribution in [0.15, 0.2) is 6.07 Å². The predicted octanol–water partition coefficient (Wildman–Crippen LogP) is 1.92. The lowest BCUT2D eigenvalue weighted by Gasteiger charge is -2.34. The van der Waals surface area contributed by atoms with Gasteiger partial charge in [0.25, 0.3) is 0 Å². The van der Waals surface area contributed by atoms with Gasteiger partial charge in [0.1, 0.15) is 17.5 Å². The minimum atomic E-state index is 0.894. The van der Waals surface area contributed by atoms with Crippen LogP contribution in [0, 0.1) is 6.92 Å². The number of anilines is 2. The Bertz CT molecular complexity index is 460. The molecule has 2 fully saturated rings. The van der Waals surface area contributed by atoms with Gasteiger partial charge in [-0.1, -0.05) is 12.8 Å². The van der Waals surface area contributed by atoms with Crippen LogP contribution in [0.5, 0.6) is 0 Å². The van der Waals surface area contributed by atoms with Crippen molar-refractivity contribution in [3.63, 3.8) is 0 Å². The van der Waals surface area contributed by atoms with E-state index in [9.17, 15) is 0 Å². The predicted molar refractivity (Wildman–Crippen MR) is 87.2 cm³/mol. The van der Waals surface area contributed by atoms with Crippen LogP contribution < -0.4 is 9.80 Å². The van der Waals surface area contributed by atoms with Crippen LogP contribution in [0.25, 0.3) is 0 Å². The van der Waals surface area contributed by atoms with Crippen LogP contribution in [0.2, 0.25) is 0 Å². The van der Waals surface area contributed by atoms with Gasteiger partial charge >= 0.3 is 0 Å². The van der Waals surface area contributed by atoms with Crippen molar-refractivity contribution in [3.8, 4) is 0 Å². The van der Waals surface area contributed by atoms with Gasteiger partial charge in [0.05, 0.1) is 0 Å². The molecule has 0 spiro atoms. The first kappa shape index (κ1) is 14.6. The highest BCUT2D eigenvalue weighted by atomic mass is 15.3. The number of hydrogen-bond donors (Lipinski definition) is 0. The number of aromatic nitrogens is 2. The normalized spacial score (nSPS) is 21.4. The zero-order valence-electron chi connectivity index (χ0n) is 13.4. The Morgan fingerprint density at radius 3 is 1.86 bits per heavy atom. The zero-order chi connectivity index (χ0) is 14.7. The number of nitrogens with zero attached hydrogens (tertiary/aromatic N) is 5. The molecule has 0 atom stereocenters. The average molecular weight is 289 g/mol. The van der Waals surface area contributed by atoms with Crippen molar-refractivity contribution in [2.45, 2.75) is 32.6 Å². The Morgan fingerprint density at radius 2 is 1.29 bits per heavy atom. The smallest absolute Gasteiger partial charge is 0.134 e. The lowest BCUT2D eigenvalue weighted by Crippen LogP contribution is -2.45. The molecule has 2 aliphatic heterocycles. The summed E-state index contributed by atoms with van der Waals surface area (Å²) in [5.41, 5.74) is 0. The molecule has 0 amide bonds. The van der Waals surface area contributed by atoms with Crippen LogP contribution in [0.4, 0.5) is 11.6 Å². The first-order chi connectivity index (χ1) is 10.2. The van der Waals surface area contributed by atoms with Crippen LogP contribution in [-0.4, -0.2) is 61.2 Å². The molecule has 0 radical (unpaired) electrons. The third kappa shape index (κ3) is 3.64. The maximum atomic E-state index is 4.69. The second-order valence-electron chi connectivity index (χ2n) is 6.32. The fraction of sp³-hybridized carbons (Fsp3) is 0.750. The van der Waals surface area contributed by atoms with E-state index in [0.717, 1.165) is 56.7 Å². The largest absolute Gasteiger partial charge is 0.356 e. The summed E-state index contributed by atoms with van der Waals surface area (Å²) >= 11 is 0. The van der Waals surface area contributed by atoms with E-state index < -0.39 is 0 Å². The summed E-state index contributed by atoms with van der Waals surface area (Å²) in [6.07, 6.45) is 5.28. The van der Waals surface area contributed by atoms with Crippen molar-refractivity contribution in [1.29, 1.82) is 0 Å². The summed E-state index contributed by atoms with van der Waals surface area (Å²) in [5, 5.41) is 0. The summed E-state index contributed by atoms with van der Waals surface area (Å²) in [6.45, 7) is 8.64. The Balaban J connectivity index is 1.78. The number of piperazine rings is 1. The Morgan fingerprint density at radius 1 is 0.762 bits per heavy atom. The van der Waals surface area contributed by atoms with E-state index in [1.54, 1.807) is 0 Å². The number of aryl methyl sites for hydroxylation is 1. The standard InChI is InChI=1S/C16H27N5/c1-14-17-15(20-7-5-3-4-6-8-20)13-16(18-14)21-11-9-19(2)10-12-21/h13H,3-12H2,1-2H3. The maximum absolute atomic E-state index is 4.69. The molecule has 2 aliphatic rings. The highest BCUT2D eigenvalue weighted by Crippen LogP contribution is 2.22. The monoisotopic (exact) mass is 289 g/mol. The molecule has 5 heteroatoms. The Hall–Kier alpha value is -1.36. The first-order valence-corrected chi connectivity index (χ1v) is 8.26. The molecule has 0 aliphatic carbocycles. The van der Waals surface area contributed by atoms with Gasteiger partial charge < -0.3 is 14.7 Å². The summed E-state index contributed by atoms with van der Waals surface area (Å²) < 4.78 is 0. The molecule has 3 rings (SSSR count). The third-order valence-electron chi connectivity index (χ3n) is 4.57. The second kappa shape index (κ2) is 6.60. The highest BCUT2D eigenvalue weighted by Gasteiger charge is 2.18. The number of likely N-dealkylation sites (N-methyl/N-ethyl adjacent to an activating group) is 1. The highest BCUT2D eigenvalue weighted by molar-refractivity contribution is 5.51. The van der Waals surface area contributed by atoms with Gasteiger partial charge in [-0.15, -0.1) is 0 Å². The molecule has 0 aromatic carbocycles. The van der Waals surface area contributed by atoms with Crippen molar-refractivity contribution in [3.05, 3.63) is 11.9 Å². The minimum Gasteiger partial charge on any atom is -0.356 e. The van der Waals surface area contributed by atoms with E-state index in [1.807, 2.05) is 6.92 Å². The van der Waals surface area contributed by atoms with Crippen LogP contribution in [0.1, 0.15) is 31.5 Å². The van der Waals surface area contributed by atoms with Gasteiger partial charge in [-0.25, -0.2) is 9.97 Å². The van der Waals surface area contributed by atoms with E-state index in [0.29, 0.717) is 0 Å². The van der Waals surface area contributed by atoms with Gasteiger partial charge in [-0.2, -0.15) is 0 Å². The minimum absolute atomic E-state index is 0.894. The average Bonchev–Trinajstić information content (AvgIpc) is 2.76. The molecule has 0 saturated carbocycles. The molecule has 1 aromatic rings. The molecule has 5 nitrogen and oxygen atoms in total. The van der Waals surface area contributed by atoms with Gasteiger partial charge in [0.2, 0.25) is 0 Å². The first-order valence-electron chi connectivity index (χ1n) is 8.26. The van der Waals surface area contributed by atoms with Crippen LogP contribution in [0.3, 0.4) is 0 Å². The molecule has 0 unspecified atom stereocenters. The lowest BCUT2D eigenvalue weighted by atomic mass is 10.2. The summed E-state index contributed by atoms with van der Waals surface area (Å²) in [6, 6.07) is 2.20.